The molecule has 1 aromatic carbocycles. The predicted octanol–water partition coefficient (Wildman–Crippen LogP) is -0.472. The number of nitrogens with zero attached hydrogens (tertiary/aromatic N) is 2. The van der Waals surface area contributed by atoms with Gasteiger partial charge in [0, 0.05) is 6.54 Å². The molecule has 0 unspecified atom stereocenters. The van der Waals surface area contributed by atoms with E-state index in [1.807, 2.05) is 4.72 Å². The van der Waals surface area contributed by atoms with Gasteiger partial charge < -0.3 is 0 Å². The largest absolute Gasteiger partial charge is 0.286 e. The summed E-state index contributed by atoms with van der Waals surface area (Å²) < 4.78 is 72.9. The number of rotatable bonds is 5. The summed E-state index contributed by atoms with van der Waals surface area (Å²) in [6.07, 6.45) is 0. The summed E-state index contributed by atoms with van der Waals surface area (Å²) in [7, 11) is -8.45. The summed E-state index contributed by atoms with van der Waals surface area (Å²) in [5, 5.41) is 6.51. The van der Waals surface area contributed by atoms with E-state index in [9.17, 15) is 21.2 Å². The molecular weight excluding hydrogens is 317 g/mol. The van der Waals surface area contributed by atoms with Gasteiger partial charge in [0.15, 0.2) is 16.9 Å². The molecule has 0 aliphatic carbocycles. The molecular formula is C8H8FN3O6S2. The molecule has 0 fully saturated rings. The molecule has 0 bridgehead atoms. The van der Waals surface area contributed by atoms with Crippen LogP contribution in [0, 0.1) is 5.82 Å². The first-order valence-corrected chi connectivity index (χ1v) is 8.15. The molecule has 0 aliphatic rings. The maximum atomic E-state index is 13.3. The number of nitrogens with one attached hydrogen (secondary N) is 1. The van der Waals surface area contributed by atoms with Gasteiger partial charge in [0.1, 0.15) is 4.90 Å². The number of fused-ring (bicyclic) bond motifs is 1. The van der Waals surface area contributed by atoms with E-state index in [0.29, 0.717) is 0 Å². The van der Waals surface area contributed by atoms with Crippen LogP contribution in [0.5, 0.6) is 0 Å². The Morgan fingerprint density at radius 3 is 2.50 bits per heavy atom. The molecule has 2 rings (SSSR count). The second kappa shape index (κ2) is 5.05. The zero-order valence-corrected chi connectivity index (χ0v) is 11.3. The van der Waals surface area contributed by atoms with E-state index >= 15 is 0 Å². The maximum absolute atomic E-state index is 13.3. The highest BCUT2D eigenvalue weighted by molar-refractivity contribution is 7.90. The fourth-order valence-electron chi connectivity index (χ4n) is 1.41. The van der Waals surface area contributed by atoms with Crippen LogP contribution in [-0.4, -0.2) is 44.0 Å². The van der Waals surface area contributed by atoms with E-state index in [-0.39, 0.29) is 11.0 Å². The van der Waals surface area contributed by atoms with Gasteiger partial charge in [-0.05, 0) is 22.4 Å². The molecule has 0 saturated heterocycles. The summed E-state index contributed by atoms with van der Waals surface area (Å²) >= 11 is 0. The van der Waals surface area contributed by atoms with E-state index in [1.54, 1.807) is 0 Å². The molecule has 20 heavy (non-hydrogen) atoms. The Bertz CT molecular complexity index is 844. The number of halogens is 1. The Morgan fingerprint density at radius 2 is 1.85 bits per heavy atom. The summed E-state index contributed by atoms with van der Waals surface area (Å²) in [5.74, 6) is -1.61. The molecule has 9 nitrogen and oxygen atoms in total. The third kappa shape index (κ3) is 3.09. The average Bonchev–Trinajstić information content (AvgIpc) is 2.76. The van der Waals surface area contributed by atoms with Crippen LogP contribution in [-0.2, 0) is 20.1 Å². The second-order valence-electron chi connectivity index (χ2n) is 3.69. The van der Waals surface area contributed by atoms with Crippen molar-refractivity contribution in [1.29, 1.82) is 0 Å². The van der Waals surface area contributed by atoms with Crippen LogP contribution in [0.1, 0.15) is 0 Å². The normalized spacial score (nSPS) is 12.9. The quantitative estimate of drug-likeness (QED) is 0.703. The van der Waals surface area contributed by atoms with Gasteiger partial charge in [0.2, 0.25) is 10.0 Å². The van der Waals surface area contributed by atoms with Crippen LogP contribution in [0.3, 0.4) is 0 Å². The fourth-order valence-corrected chi connectivity index (χ4v) is 3.06. The number of benzene rings is 1. The third-order valence-electron chi connectivity index (χ3n) is 2.27. The third-order valence-corrected chi connectivity index (χ3v) is 4.48. The van der Waals surface area contributed by atoms with Crippen molar-refractivity contribution in [2.24, 2.45) is 0 Å². The molecule has 1 heterocycles. The van der Waals surface area contributed by atoms with Crippen LogP contribution in [0.2, 0.25) is 0 Å². The van der Waals surface area contributed by atoms with Crippen LogP contribution in [0.15, 0.2) is 21.7 Å². The first kappa shape index (κ1) is 14.8. The summed E-state index contributed by atoms with van der Waals surface area (Å²) in [4.78, 5) is -0.412. The maximum Gasteiger partial charge on any atom is 0.266 e. The second-order valence-corrected chi connectivity index (χ2v) is 7.00. The molecule has 110 valence electrons. The van der Waals surface area contributed by atoms with Crippen molar-refractivity contribution in [2.75, 3.05) is 12.3 Å². The van der Waals surface area contributed by atoms with Gasteiger partial charge in [0.05, 0.1) is 5.75 Å². The van der Waals surface area contributed by atoms with Gasteiger partial charge in [-0.2, -0.15) is 8.42 Å². The topological polar surface area (TPSA) is 139 Å². The van der Waals surface area contributed by atoms with Gasteiger partial charge in [-0.15, -0.1) is 0 Å². The van der Waals surface area contributed by atoms with Gasteiger partial charge >= 0.3 is 0 Å². The lowest BCUT2D eigenvalue weighted by molar-refractivity contribution is 0.314. The van der Waals surface area contributed by atoms with Gasteiger partial charge in [-0.25, -0.2) is 22.2 Å². The molecule has 2 N–H and O–H groups in total. The van der Waals surface area contributed by atoms with Crippen molar-refractivity contribution in [1.82, 2.24) is 15.0 Å². The summed E-state index contributed by atoms with van der Waals surface area (Å²) in [5.41, 5.74) is -0.674. The number of hydrogen-bond acceptors (Lipinski definition) is 7. The standard InChI is InChI=1S/C8H8FN3O6S2/c9-5-1-2-6(8-7(5)11-18-12-8)20(16,17)10-3-4-19(13,14)15/h1-2,10H,3-4H2,(H,13,14,15). The SMILES string of the molecule is O=S(=O)(O)CCNS(=O)(=O)c1ccc(F)c2nonc12. The smallest absolute Gasteiger partial charge is 0.266 e. The van der Waals surface area contributed by atoms with Crippen molar-refractivity contribution in [3.8, 4) is 0 Å². The average molecular weight is 325 g/mol. The van der Waals surface area contributed by atoms with E-state index in [0.717, 1.165) is 12.1 Å². The van der Waals surface area contributed by atoms with E-state index in [2.05, 4.69) is 14.9 Å². The highest BCUT2D eigenvalue weighted by Gasteiger charge is 2.22. The molecule has 0 saturated carbocycles. The number of aromatic nitrogens is 2. The fraction of sp³-hybridized carbons (Fsp3) is 0.250. The van der Waals surface area contributed by atoms with Crippen LogP contribution < -0.4 is 4.72 Å². The minimum absolute atomic E-state index is 0.315. The molecule has 0 amide bonds. The lowest BCUT2D eigenvalue weighted by atomic mass is 10.3. The lowest BCUT2D eigenvalue weighted by Gasteiger charge is -2.05. The van der Waals surface area contributed by atoms with Crippen LogP contribution in [0.25, 0.3) is 11.0 Å². The zero-order valence-electron chi connectivity index (χ0n) is 9.65. The molecule has 2 aromatic rings. The highest BCUT2D eigenvalue weighted by Crippen LogP contribution is 2.22. The first-order chi connectivity index (χ1) is 9.21. The predicted molar refractivity (Wildman–Crippen MR) is 63.4 cm³/mol. The Morgan fingerprint density at radius 1 is 1.20 bits per heavy atom. The number of hydrogen-bond donors (Lipinski definition) is 2. The van der Waals surface area contributed by atoms with Crippen molar-refractivity contribution in [2.45, 2.75) is 4.90 Å². The van der Waals surface area contributed by atoms with Crippen molar-refractivity contribution in [3.63, 3.8) is 0 Å². The molecule has 12 heteroatoms. The molecule has 0 atom stereocenters. The summed E-state index contributed by atoms with van der Waals surface area (Å²) in [6.45, 7) is -0.550. The Hall–Kier alpha value is -1.63. The highest BCUT2D eigenvalue weighted by atomic mass is 32.2. The van der Waals surface area contributed by atoms with Crippen molar-refractivity contribution < 1.29 is 30.4 Å². The Kier molecular flexibility index (Phi) is 3.73. The van der Waals surface area contributed by atoms with E-state index in [4.69, 9.17) is 4.55 Å². The van der Waals surface area contributed by atoms with E-state index < -0.39 is 43.2 Å². The minimum atomic E-state index is -4.30. The van der Waals surface area contributed by atoms with Gasteiger partial charge in [0.25, 0.3) is 10.1 Å². The zero-order chi connectivity index (χ0) is 15.0. The number of sulfonamides is 1. The monoisotopic (exact) mass is 325 g/mol. The first-order valence-electron chi connectivity index (χ1n) is 5.06. The summed E-state index contributed by atoms with van der Waals surface area (Å²) in [6, 6.07) is 1.81. The van der Waals surface area contributed by atoms with Gasteiger partial charge in [-0.1, -0.05) is 0 Å². The Balaban J connectivity index is 2.33. The molecule has 0 spiro atoms. The van der Waals surface area contributed by atoms with Crippen LogP contribution in [0.4, 0.5) is 4.39 Å². The van der Waals surface area contributed by atoms with E-state index in [1.165, 1.54) is 0 Å². The minimum Gasteiger partial charge on any atom is -0.286 e. The molecule has 1 aromatic heterocycles. The molecule has 0 radical (unpaired) electrons. The Labute approximate surface area is 112 Å². The van der Waals surface area contributed by atoms with Crippen molar-refractivity contribution >= 4 is 31.2 Å². The molecule has 0 aliphatic heterocycles. The van der Waals surface area contributed by atoms with Gasteiger partial charge in [-0.3, -0.25) is 4.55 Å². The van der Waals surface area contributed by atoms with Crippen LogP contribution >= 0.6 is 0 Å². The van der Waals surface area contributed by atoms with Crippen molar-refractivity contribution in [3.05, 3.63) is 17.9 Å². The lowest BCUT2D eigenvalue weighted by Crippen LogP contribution is -2.29.